The number of hydrogen-bond donors (Lipinski definition) is 1. The van der Waals surface area contributed by atoms with Crippen LogP contribution in [-0.2, 0) is 9.53 Å². The van der Waals surface area contributed by atoms with E-state index in [4.69, 9.17) is 4.74 Å². The molecule has 2 rings (SSSR count). The lowest BCUT2D eigenvalue weighted by atomic mass is 9.71. The molecule has 0 aromatic carbocycles. The van der Waals surface area contributed by atoms with Crippen LogP contribution in [0.5, 0.6) is 0 Å². The van der Waals surface area contributed by atoms with Crippen molar-refractivity contribution in [2.24, 2.45) is 5.41 Å². The number of rotatable bonds is 4. The van der Waals surface area contributed by atoms with Crippen LogP contribution in [-0.4, -0.2) is 30.0 Å². The Balaban J connectivity index is 2.11. The van der Waals surface area contributed by atoms with Gasteiger partial charge in [0.1, 0.15) is 0 Å². The van der Waals surface area contributed by atoms with E-state index in [2.05, 4.69) is 0 Å². The third-order valence-electron chi connectivity index (χ3n) is 3.50. The number of carboxylic acid groups (broad SMARTS) is 1. The van der Waals surface area contributed by atoms with Crippen LogP contribution >= 0.6 is 0 Å². The summed E-state index contributed by atoms with van der Waals surface area (Å²) in [6, 6.07) is 0. The highest BCUT2D eigenvalue weighted by Gasteiger charge is 2.56. The Bertz CT molecular complexity index is 244. The van der Waals surface area contributed by atoms with Crippen molar-refractivity contribution in [2.75, 3.05) is 6.67 Å². The molecule has 0 radical (unpaired) electrons. The van der Waals surface area contributed by atoms with Gasteiger partial charge in [-0.15, -0.1) is 0 Å². The van der Waals surface area contributed by atoms with E-state index in [9.17, 15) is 14.3 Å². The summed E-state index contributed by atoms with van der Waals surface area (Å²) in [6.45, 7) is -0.438. The van der Waals surface area contributed by atoms with Gasteiger partial charge >= 0.3 is 5.97 Å². The molecule has 2 aliphatic heterocycles. The Labute approximate surface area is 82.2 Å². The Hall–Kier alpha value is -0.640. The molecule has 0 aliphatic carbocycles. The van der Waals surface area contributed by atoms with Crippen LogP contribution in [0.3, 0.4) is 0 Å². The Morgan fingerprint density at radius 2 is 2.36 bits per heavy atom. The predicted octanol–water partition coefficient (Wildman–Crippen LogP) is 1.76. The smallest absolute Gasteiger partial charge is 0.312 e. The van der Waals surface area contributed by atoms with Gasteiger partial charge in [0.25, 0.3) is 0 Å². The molecular formula is C10H15FO3. The van der Waals surface area contributed by atoms with E-state index < -0.39 is 18.1 Å². The van der Waals surface area contributed by atoms with Crippen LogP contribution in [0, 0.1) is 5.41 Å². The summed E-state index contributed by atoms with van der Waals surface area (Å²) < 4.78 is 17.6. The molecule has 80 valence electrons. The molecule has 2 fully saturated rings. The van der Waals surface area contributed by atoms with Crippen LogP contribution in [0.1, 0.15) is 32.1 Å². The maximum Gasteiger partial charge on any atom is 0.312 e. The number of halogens is 1. The number of alkyl halides is 1. The third kappa shape index (κ3) is 1.32. The van der Waals surface area contributed by atoms with Crippen LogP contribution in [0.4, 0.5) is 4.39 Å². The minimum Gasteiger partial charge on any atom is -0.481 e. The first-order valence-corrected chi connectivity index (χ1v) is 5.14. The molecule has 14 heavy (non-hydrogen) atoms. The fraction of sp³-hybridized carbons (Fsp3) is 0.900. The number of fused-ring (bicyclic) bond motifs is 2. The van der Waals surface area contributed by atoms with Gasteiger partial charge in [0.2, 0.25) is 0 Å². The molecule has 0 aromatic rings. The predicted molar refractivity (Wildman–Crippen MR) is 47.8 cm³/mol. The van der Waals surface area contributed by atoms with Gasteiger partial charge in [0.15, 0.2) is 0 Å². The molecule has 2 saturated heterocycles. The van der Waals surface area contributed by atoms with Gasteiger partial charge in [-0.3, -0.25) is 9.18 Å². The fourth-order valence-corrected chi connectivity index (χ4v) is 2.78. The highest BCUT2D eigenvalue weighted by molar-refractivity contribution is 5.76. The lowest BCUT2D eigenvalue weighted by molar-refractivity contribution is -0.153. The summed E-state index contributed by atoms with van der Waals surface area (Å²) in [6.07, 6.45) is 3.05. The maximum absolute atomic E-state index is 12.1. The van der Waals surface area contributed by atoms with Crippen LogP contribution in [0.2, 0.25) is 0 Å². The molecular weight excluding hydrogens is 187 g/mol. The van der Waals surface area contributed by atoms with Crippen molar-refractivity contribution in [1.29, 1.82) is 0 Å². The number of ether oxygens (including phenoxy) is 1. The van der Waals surface area contributed by atoms with E-state index in [1.54, 1.807) is 0 Å². The van der Waals surface area contributed by atoms with Gasteiger partial charge in [-0.1, -0.05) is 0 Å². The second-order valence-electron chi connectivity index (χ2n) is 4.28. The number of carbonyl (C=O) groups is 1. The topological polar surface area (TPSA) is 46.5 Å². The van der Waals surface area contributed by atoms with E-state index in [1.807, 2.05) is 0 Å². The molecule has 3 atom stereocenters. The molecule has 2 aliphatic rings. The Kier molecular flexibility index (Phi) is 2.47. The molecule has 0 amide bonds. The summed E-state index contributed by atoms with van der Waals surface area (Å²) in [5, 5.41) is 9.21. The molecule has 0 saturated carbocycles. The molecule has 2 heterocycles. The van der Waals surface area contributed by atoms with E-state index in [-0.39, 0.29) is 12.2 Å². The minimum atomic E-state index is -0.807. The van der Waals surface area contributed by atoms with Crippen molar-refractivity contribution in [3.05, 3.63) is 0 Å². The van der Waals surface area contributed by atoms with Gasteiger partial charge in [-0.2, -0.15) is 0 Å². The highest BCUT2D eigenvalue weighted by Crippen LogP contribution is 2.50. The zero-order chi connectivity index (χ0) is 10.2. The molecule has 3 unspecified atom stereocenters. The van der Waals surface area contributed by atoms with Crippen molar-refractivity contribution in [3.63, 3.8) is 0 Å². The van der Waals surface area contributed by atoms with Crippen molar-refractivity contribution >= 4 is 5.97 Å². The van der Waals surface area contributed by atoms with E-state index in [1.165, 1.54) is 0 Å². The van der Waals surface area contributed by atoms with Crippen molar-refractivity contribution in [3.8, 4) is 0 Å². The Morgan fingerprint density at radius 1 is 1.57 bits per heavy atom. The first-order chi connectivity index (χ1) is 6.69. The zero-order valence-corrected chi connectivity index (χ0v) is 8.04. The van der Waals surface area contributed by atoms with Gasteiger partial charge in [0.05, 0.1) is 24.3 Å². The lowest BCUT2D eigenvalue weighted by Crippen LogP contribution is -2.40. The van der Waals surface area contributed by atoms with Gasteiger partial charge in [-0.05, 0) is 32.1 Å². The normalized spacial score (nSPS) is 40.4. The fourth-order valence-electron chi connectivity index (χ4n) is 2.78. The van der Waals surface area contributed by atoms with Crippen molar-refractivity contribution in [2.45, 2.75) is 44.3 Å². The maximum atomic E-state index is 12.1. The minimum absolute atomic E-state index is 0.107. The average molecular weight is 202 g/mol. The second-order valence-corrected chi connectivity index (χ2v) is 4.28. The van der Waals surface area contributed by atoms with Gasteiger partial charge in [0, 0.05) is 0 Å². The second kappa shape index (κ2) is 3.50. The van der Waals surface area contributed by atoms with Gasteiger partial charge in [-0.25, -0.2) is 0 Å². The molecule has 4 heteroatoms. The summed E-state index contributed by atoms with van der Waals surface area (Å²) in [5.74, 6) is -0.807. The van der Waals surface area contributed by atoms with E-state index in [0.29, 0.717) is 19.3 Å². The standard InChI is InChI=1S/C10H15FO3/c11-5-1-4-10(9(12)13)6-7-2-3-8(10)14-7/h7-8H,1-6H2,(H,12,13). The third-order valence-corrected chi connectivity index (χ3v) is 3.50. The molecule has 3 nitrogen and oxygen atoms in total. The van der Waals surface area contributed by atoms with E-state index >= 15 is 0 Å². The first kappa shape index (κ1) is 9.90. The number of aliphatic carboxylic acids is 1. The van der Waals surface area contributed by atoms with Crippen molar-refractivity contribution < 1.29 is 19.0 Å². The molecule has 0 spiro atoms. The van der Waals surface area contributed by atoms with Crippen LogP contribution < -0.4 is 0 Å². The highest BCUT2D eigenvalue weighted by atomic mass is 19.1. The summed E-state index contributed by atoms with van der Waals surface area (Å²) in [4.78, 5) is 11.2. The Morgan fingerprint density at radius 3 is 2.79 bits per heavy atom. The largest absolute Gasteiger partial charge is 0.481 e. The quantitative estimate of drug-likeness (QED) is 0.755. The van der Waals surface area contributed by atoms with Crippen LogP contribution in [0.25, 0.3) is 0 Å². The SMILES string of the molecule is O=C(O)C1(CCCF)CC2CCC1O2. The summed E-state index contributed by atoms with van der Waals surface area (Å²) >= 11 is 0. The molecule has 2 bridgehead atoms. The monoisotopic (exact) mass is 202 g/mol. The number of hydrogen-bond acceptors (Lipinski definition) is 2. The van der Waals surface area contributed by atoms with Gasteiger partial charge < -0.3 is 9.84 Å². The zero-order valence-electron chi connectivity index (χ0n) is 8.04. The van der Waals surface area contributed by atoms with E-state index in [0.717, 1.165) is 12.8 Å². The summed E-state index contributed by atoms with van der Waals surface area (Å²) in [7, 11) is 0. The van der Waals surface area contributed by atoms with Crippen molar-refractivity contribution in [1.82, 2.24) is 0 Å². The lowest BCUT2D eigenvalue weighted by Gasteiger charge is -2.30. The number of carboxylic acids is 1. The average Bonchev–Trinajstić information content (AvgIpc) is 2.74. The molecule has 0 aromatic heterocycles. The summed E-state index contributed by atoms with van der Waals surface area (Å²) in [5.41, 5.74) is -0.783. The first-order valence-electron chi connectivity index (χ1n) is 5.14. The van der Waals surface area contributed by atoms with Crippen LogP contribution in [0.15, 0.2) is 0 Å². The molecule has 1 N–H and O–H groups in total.